The third-order valence-corrected chi connectivity index (χ3v) is 3.23. The molecule has 0 heterocycles. The van der Waals surface area contributed by atoms with Crippen LogP contribution in [0.5, 0.6) is 0 Å². The van der Waals surface area contributed by atoms with Gasteiger partial charge in [0.15, 0.2) is 0 Å². The number of amides is 2. The molecule has 2 aromatic carbocycles. The highest BCUT2D eigenvalue weighted by Crippen LogP contribution is 2.10. The molecule has 0 saturated heterocycles. The van der Waals surface area contributed by atoms with E-state index >= 15 is 0 Å². The zero-order valence-electron chi connectivity index (χ0n) is 13.2. The first kappa shape index (κ1) is 17.0. The van der Waals surface area contributed by atoms with Crippen molar-refractivity contribution in [2.75, 3.05) is 5.32 Å². The summed E-state index contributed by atoms with van der Waals surface area (Å²) in [6.07, 6.45) is 1.37. The first-order chi connectivity index (χ1) is 11.6. The zero-order chi connectivity index (χ0) is 17.4. The smallest absolute Gasteiger partial charge is 0.270 e. The molecule has 120 valence electrons. The van der Waals surface area contributed by atoms with Gasteiger partial charge in [-0.15, -0.1) is 0 Å². The predicted octanol–water partition coefficient (Wildman–Crippen LogP) is 2.70. The number of imide groups is 1. The molecule has 0 fully saturated rings. The highest BCUT2D eigenvalue weighted by Gasteiger charge is 2.13. The number of carbonyl (C=O) groups excluding carboxylic acids is 2. The standard InChI is InChI=1S/C19H17N3O2/c1-14-6-5-9-17(10-14)21-13-16(12-20)19(24)22-18(23)11-15-7-3-2-4-8-15/h2-10,13,21H,11H2,1H3,(H,22,23,24)/b16-13-. The first-order valence-corrected chi connectivity index (χ1v) is 7.40. The van der Waals surface area contributed by atoms with Gasteiger partial charge in [0.1, 0.15) is 11.6 Å². The molecule has 2 N–H and O–H groups in total. The van der Waals surface area contributed by atoms with Crippen LogP contribution in [-0.4, -0.2) is 11.8 Å². The Labute approximate surface area is 140 Å². The van der Waals surface area contributed by atoms with E-state index in [0.29, 0.717) is 0 Å². The fraction of sp³-hybridized carbons (Fsp3) is 0.105. The van der Waals surface area contributed by atoms with Gasteiger partial charge in [-0.1, -0.05) is 42.5 Å². The zero-order valence-corrected chi connectivity index (χ0v) is 13.2. The van der Waals surface area contributed by atoms with Crippen LogP contribution in [0.4, 0.5) is 5.69 Å². The molecule has 2 rings (SSSR count). The quantitative estimate of drug-likeness (QED) is 0.656. The van der Waals surface area contributed by atoms with Crippen molar-refractivity contribution in [3.05, 3.63) is 77.5 Å². The van der Waals surface area contributed by atoms with E-state index in [1.807, 2.05) is 49.4 Å². The highest BCUT2D eigenvalue weighted by atomic mass is 16.2. The van der Waals surface area contributed by atoms with Crippen molar-refractivity contribution in [3.8, 4) is 6.07 Å². The normalized spacial score (nSPS) is 10.6. The van der Waals surface area contributed by atoms with Crippen LogP contribution >= 0.6 is 0 Å². The summed E-state index contributed by atoms with van der Waals surface area (Å²) in [5.41, 5.74) is 2.43. The third kappa shape index (κ3) is 5.11. The van der Waals surface area contributed by atoms with Gasteiger partial charge in [-0.05, 0) is 30.2 Å². The van der Waals surface area contributed by atoms with Gasteiger partial charge in [-0.2, -0.15) is 5.26 Å². The number of anilines is 1. The number of nitriles is 1. The number of nitrogens with zero attached hydrogens (tertiary/aromatic N) is 1. The van der Waals surface area contributed by atoms with Crippen molar-refractivity contribution in [1.29, 1.82) is 5.26 Å². The fourth-order valence-corrected chi connectivity index (χ4v) is 2.06. The molecule has 0 bridgehead atoms. The Morgan fingerprint density at radius 1 is 1.12 bits per heavy atom. The lowest BCUT2D eigenvalue weighted by molar-refractivity contribution is -0.127. The molecule has 0 aliphatic carbocycles. The van der Waals surface area contributed by atoms with E-state index in [-0.39, 0.29) is 12.0 Å². The number of rotatable bonds is 5. The van der Waals surface area contributed by atoms with Crippen LogP contribution in [0.25, 0.3) is 0 Å². The van der Waals surface area contributed by atoms with Crippen LogP contribution in [0.3, 0.4) is 0 Å². The van der Waals surface area contributed by atoms with Gasteiger partial charge in [0, 0.05) is 11.9 Å². The molecule has 2 aromatic rings. The van der Waals surface area contributed by atoms with E-state index in [2.05, 4.69) is 10.6 Å². The van der Waals surface area contributed by atoms with E-state index in [9.17, 15) is 9.59 Å². The molecule has 5 nitrogen and oxygen atoms in total. The van der Waals surface area contributed by atoms with Gasteiger partial charge in [0.05, 0.1) is 6.42 Å². The van der Waals surface area contributed by atoms with Crippen molar-refractivity contribution in [1.82, 2.24) is 5.32 Å². The second-order valence-electron chi connectivity index (χ2n) is 5.22. The summed E-state index contributed by atoms with van der Waals surface area (Å²) < 4.78 is 0. The monoisotopic (exact) mass is 319 g/mol. The molecular formula is C19H17N3O2. The predicted molar refractivity (Wildman–Crippen MR) is 91.8 cm³/mol. The number of benzene rings is 2. The van der Waals surface area contributed by atoms with Crippen molar-refractivity contribution in [3.63, 3.8) is 0 Å². The van der Waals surface area contributed by atoms with Crippen molar-refractivity contribution in [2.45, 2.75) is 13.3 Å². The third-order valence-electron chi connectivity index (χ3n) is 3.23. The first-order valence-electron chi connectivity index (χ1n) is 7.40. The molecule has 0 aliphatic rings. The lowest BCUT2D eigenvalue weighted by Gasteiger charge is -2.05. The minimum absolute atomic E-state index is 0.0800. The summed E-state index contributed by atoms with van der Waals surface area (Å²) in [4.78, 5) is 23.9. The van der Waals surface area contributed by atoms with Gasteiger partial charge in [0.25, 0.3) is 5.91 Å². The summed E-state index contributed by atoms with van der Waals surface area (Å²) >= 11 is 0. The van der Waals surface area contributed by atoms with E-state index in [4.69, 9.17) is 5.26 Å². The van der Waals surface area contributed by atoms with E-state index in [1.165, 1.54) is 6.20 Å². The Kier molecular flexibility index (Phi) is 5.87. The Morgan fingerprint density at radius 2 is 1.88 bits per heavy atom. The van der Waals surface area contributed by atoms with Gasteiger partial charge in [0.2, 0.25) is 5.91 Å². The summed E-state index contributed by atoms with van der Waals surface area (Å²) in [5.74, 6) is -1.18. The number of carbonyl (C=O) groups is 2. The Bertz CT molecular complexity index is 805. The molecule has 5 heteroatoms. The summed E-state index contributed by atoms with van der Waals surface area (Å²) in [7, 11) is 0. The van der Waals surface area contributed by atoms with Gasteiger partial charge in [-0.25, -0.2) is 0 Å². The Hall–Kier alpha value is -3.39. The molecule has 0 spiro atoms. The molecule has 24 heavy (non-hydrogen) atoms. The van der Waals surface area contributed by atoms with Gasteiger partial charge in [-0.3, -0.25) is 14.9 Å². The van der Waals surface area contributed by atoms with Gasteiger partial charge < -0.3 is 5.32 Å². The number of nitrogens with one attached hydrogen (secondary N) is 2. The summed E-state index contributed by atoms with van der Waals surface area (Å²) in [6, 6.07) is 18.4. The maximum atomic E-state index is 12.0. The van der Waals surface area contributed by atoms with Crippen LogP contribution in [0.15, 0.2) is 66.4 Å². The fourth-order valence-electron chi connectivity index (χ4n) is 2.06. The maximum Gasteiger partial charge on any atom is 0.270 e. The van der Waals surface area contributed by atoms with Crippen molar-refractivity contribution >= 4 is 17.5 Å². The molecule has 0 aromatic heterocycles. The average Bonchev–Trinajstić information content (AvgIpc) is 2.56. The molecule has 2 amide bonds. The second kappa shape index (κ2) is 8.30. The SMILES string of the molecule is Cc1cccc(N/C=C(/C#N)C(=O)NC(=O)Cc2ccccc2)c1. The molecule has 0 aliphatic heterocycles. The number of aryl methyl sites for hydroxylation is 1. The Morgan fingerprint density at radius 3 is 2.54 bits per heavy atom. The van der Waals surface area contributed by atoms with Crippen molar-refractivity contribution < 1.29 is 9.59 Å². The highest BCUT2D eigenvalue weighted by molar-refractivity contribution is 6.07. The Balaban J connectivity index is 1.97. The van der Waals surface area contributed by atoms with E-state index in [1.54, 1.807) is 18.2 Å². The molecule has 0 unspecified atom stereocenters. The van der Waals surface area contributed by atoms with Crippen LogP contribution in [0, 0.1) is 18.3 Å². The molecule has 0 radical (unpaired) electrons. The molecular weight excluding hydrogens is 302 g/mol. The van der Waals surface area contributed by atoms with Crippen LogP contribution in [-0.2, 0) is 16.0 Å². The van der Waals surface area contributed by atoms with E-state index in [0.717, 1.165) is 16.8 Å². The van der Waals surface area contributed by atoms with E-state index < -0.39 is 11.8 Å². The minimum atomic E-state index is -0.724. The van der Waals surface area contributed by atoms with Crippen LogP contribution < -0.4 is 10.6 Å². The molecule has 0 atom stereocenters. The number of hydrogen-bond acceptors (Lipinski definition) is 4. The summed E-state index contributed by atoms with van der Waals surface area (Å²) in [6.45, 7) is 1.94. The van der Waals surface area contributed by atoms with Crippen LogP contribution in [0.1, 0.15) is 11.1 Å². The van der Waals surface area contributed by atoms with Crippen LogP contribution in [0.2, 0.25) is 0 Å². The maximum absolute atomic E-state index is 12.0. The lowest BCUT2D eigenvalue weighted by Crippen LogP contribution is -2.32. The topological polar surface area (TPSA) is 82.0 Å². The van der Waals surface area contributed by atoms with Gasteiger partial charge >= 0.3 is 0 Å². The lowest BCUT2D eigenvalue weighted by atomic mass is 10.1. The van der Waals surface area contributed by atoms with Crippen molar-refractivity contribution in [2.24, 2.45) is 0 Å². The minimum Gasteiger partial charge on any atom is -0.360 e. The number of hydrogen-bond donors (Lipinski definition) is 2. The summed E-state index contributed by atoms with van der Waals surface area (Å²) in [5, 5.41) is 14.2. The largest absolute Gasteiger partial charge is 0.360 e. The average molecular weight is 319 g/mol. The molecule has 0 saturated carbocycles. The second-order valence-corrected chi connectivity index (χ2v) is 5.22.